The number of likely N-dealkylation sites (tertiary alicyclic amines) is 1. The number of benzene rings is 1. The van der Waals surface area contributed by atoms with Crippen molar-refractivity contribution in [1.82, 2.24) is 9.80 Å². The highest BCUT2D eigenvalue weighted by Gasteiger charge is 2.29. The van der Waals surface area contributed by atoms with Crippen LogP contribution in [0, 0.1) is 11.8 Å². The lowest BCUT2D eigenvalue weighted by molar-refractivity contribution is 0.118. The molecule has 1 aliphatic carbocycles. The molecule has 28 heavy (non-hydrogen) atoms. The third-order valence-corrected chi connectivity index (χ3v) is 6.87. The molecule has 0 aromatic heterocycles. The summed E-state index contributed by atoms with van der Waals surface area (Å²) in [5.41, 5.74) is 0.979. The monoisotopic (exact) mass is 386 g/mol. The van der Waals surface area contributed by atoms with Crippen molar-refractivity contribution in [2.24, 2.45) is 11.8 Å². The van der Waals surface area contributed by atoms with E-state index in [9.17, 15) is 4.79 Å². The molecule has 1 aromatic carbocycles. The number of methoxy groups -OCH3 is 1. The van der Waals surface area contributed by atoms with Crippen LogP contribution < -0.4 is 9.47 Å². The molecule has 2 fully saturated rings. The van der Waals surface area contributed by atoms with Crippen molar-refractivity contribution in [2.45, 2.75) is 57.9 Å². The Morgan fingerprint density at radius 1 is 1.07 bits per heavy atom. The highest BCUT2D eigenvalue weighted by atomic mass is 16.6. The standard InChI is InChI=1S/C23H34N2O3/c1-27-21-8-5-9-22-20(21)17-25(23(26)28-22)15-12-18-10-13-24(14-11-18)16-19-6-3-2-4-7-19/h5,8-9,18-19H,2-4,6-7,10-17H2,1H3. The molecule has 0 N–H and O–H groups in total. The van der Waals surface area contributed by atoms with Crippen molar-refractivity contribution in [2.75, 3.05) is 33.3 Å². The lowest BCUT2D eigenvalue weighted by Crippen LogP contribution is -2.40. The minimum Gasteiger partial charge on any atom is -0.496 e. The lowest BCUT2D eigenvalue weighted by Gasteiger charge is -2.36. The van der Waals surface area contributed by atoms with Gasteiger partial charge in [0.25, 0.3) is 0 Å². The molecule has 0 spiro atoms. The highest BCUT2D eigenvalue weighted by Crippen LogP contribution is 2.34. The fourth-order valence-electron chi connectivity index (χ4n) is 5.10. The first-order valence-electron chi connectivity index (χ1n) is 11.1. The smallest absolute Gasteiger partial charge is 0.415 e. The number of hydrogen-bond acceptors (Lipinski definition) is 4. The minimum atomic E-state index is -0.226. The largest absolute Gasteiger partial charge is 0.496 e. The summed E-state index contributed by atoms with van der Waals surface area (Å²) in [6, 6.07) is 5.63. The van der Waals surface area contributed by atoms with Crippen LogP contribution in [0.3, 0.4) is 0 Å². The molecule has 3 aliphatic rings. The Kier molecular flexibility index (Phi) is 6.40. The summed E-state index contributed by atoms with van der Waals surface area (Å²) in [6.07, 6.45) is 10.5. The predicted octanol–water partition coefficient (Wildman–Crippen LogP) is 4.69. The first kappa shape index (κ1) is 19.6. The van der Waals surface area contributed by atoms with Crippen LogP contribution in [0.1, 0.15) is 56.9 Å². The maximum Gasteiger partial charge on any atom is 0.415 e. The number of rotatable bonds is 6. The lowest BCUT2D eigenvalue weighted by atomic mass is 9.87. The molecule has 1 aromatic rings. The molecule has 2 heterocycles. The van der Waals surface area contributed by atoms with Crippen molar-refractivity contribution in [3.8, 4) is 11.5 Å². The normalized spacial score (nSPS) is 22.0. The summed E-state index contributed by atoms with van der Waals surface area (Å²) in [5.74, 6) is 3.08. The molecule has 1 saturated heterocycles. The Balaban J connectivity index is 1.23. The van der Waals surface area contributed by atoms with Crippen LogP contribution in [0.25, 0.3) is 0 Å². The summed E-state index contributed by atoms with van der Waals surface area (Å²) in [4.78, 5) is 16.9. The molecule has 0 unspecified atom stereocenters. The quantitative estimate of drug-likeness (QED) is 0.711. The summed E-state index contributed by atoms with van der Waals surface area (Å²) < 4.78 is 11.0. The van der Waals surface area contributed by atoms with Gasteiger partial charge in [-0.1, -0.05) is 25.3 Å². The number of hydrogen-bond donors (Lipinski definition) is 0. The number of carbonyl (C=O) groups excluding carboxylic acids is 1. The molecule has 1 saturated carbocycles. The Hall–Kier alpha value is -1.75. The molecule has 4 rings (SSSR count). The van der Waals surface area contributed by atoms with E-state index in [1.165, 1.54) is 64.6 Å². The fraction of sp³-hybridized carbons (Fsp3) is 0.696. The zero-order valence-corrected chi connectivity index (χ0v) is 17.2. The molecule has 154 valence electrons. The van der Waals surface area contributed by atoms with E-state index in [0.29, 0.717) is 12.3 Å². The molecule has 0 radical (unpaired) electrons. The van der Waals surface area contributed by atoms with Gasteiger partial charge in [0.2, 0.25) is 0 Å². The number of carbonyl (C=O) groups is 1. The average molecular weight is 387 g/mol. The van der Waals surface area contributed by atoms with Crippen LogP contribution in [0.15, 0.2) is 18.2 Å². The zero-order valence-electron chi connectivity index (χ0n) is 17.2. The van der Waals surface area contributed by atoms with Crippen LogP contribution in [0.2, 0.25) is 0 Å². The molecular formula is C23H34N2O3. The topological polar surface area (TPSA) is 42.0 Å². The van der Waals surface area contributed by atoms with Crippen molar-refractivity contribution in [3.63, 3.8) is 0 Å². The first-order valence-corrected chi connectivity index (χ1v) is 11.1. The Labute approximate surface area is 169 Å². The Morgan fingerprint density at radius 2 is 1.86 bits per heavy atom. The van der Waals surface area contributed by atoms with E-state index >= 15 is 0 Å². The third-order valence-electron chi connectivity index (χ3n) is 6.87. The van der Waals surface area contributed by atoms with Crippen molar-refractivity contribution >= 4 is 6.09 Å². The molecular weight excluding hydrogens is 352 g/mol. The SMILES string of the molecule is COc1cccc2c1CN(CCC1CCN(CC3CCCCC3)CC1)C(=O)O2. The molecule has 5 heteroatoms. The fourth-order valence-corrected chi connectivity index (χ4v) is 5.10. The van der Waals surface area contributed by atoms with Crippen LogP contribution in [0.4, 0.5) is 4.79 Å². The van der Waals surface area contributed by atoms with Crippen molar-refractivity contribution in [3.05, 3.63) is 23.8 Å². The second-order valence-corrected chi connectivity index (χ2v) is 8.76. The van der Waals surface area contributed by atoms with Crippen molar-refractivity contribution < 1.29 is 14.3 Å². The van der Waals surface area contributed by atoms with Gasteiger partial charge in [0.1, 0.15) is 11.5 Å². The summed E-state index contributed by atoms with van der Waals surface area (Å²) >= 11 is 0. The number of fused-ring (bicyclic) bond motifs is 1. The van der Waals surface area contributed by atoms with Crippen LogP contribution >= 0.6 is 0 Å². The summed E-state index contributed by atoms with van der Waals surface area (Å²) in [5, 5.41) is 0. The predicted molar refractivity (Wildman–Crippen MR) is 110 cm³/mol. The van der Waals surface area contributed by atoms with Gasteiger partial charge in [-0.15, -0.1) is 0 Å². The van der Waals surface area contributed by atoms with E-state index in [1.807, 2.05) is 23.1 Å². The number of nitrogens with zero attached hydrogens (tertiary/aromatic N) is 2. The van der Waals surface area contributed by atoms with E-state index in [1.54, 1.807) is 7.11 Å². The van der Waals surface area contributed by atoms with E-state index in [2.05, 4.69) is 4.90 Å². The van der Waals surface area contributed by atoms with Gasteiger partial charge in [-0.2, -0.15) is 0 Å². The van der Waals surface area contributed by atoms with Gasteiger partial charge < -0.3 is 19.3 Å². The Morgan fingerprint density at radius 3 is 2.61 bits per heavy atom. The second kappa shape index (κ2) is 9.17. The van der Waals surface area contributed by atoms with Crippen molar-refractivity contribution in [1.29, 1.82) is 0 Å². The van der Waals surface area contributed by atoms with E-state index < -0.39 is 0 Å². The number of amides is 1. The van der Waals surface area contributed by atoms with Gasteiger partial charge in [-0.05, 0) is 69.2 Å². The number of ether oxygens (including phenoxy) is 2. The van der Waals surface area contributed by atoms with Crippen LogP contribution in [0.5, 0.6) is 11.5 Å². The average Bonchev–Trinajstić information content (AvgIpc) is 2.73. The molecule has 0 atom stereocenters. The van der Waals surface area contributed by atoms with Gasteiger partial charge in [-0.3, -0.25) is 0 Å². The second-order valence-electron chi connectivity index (χ2n) is 8.76. The first-order chi connectivity index (χ1) is 13.7. The number of piperidine rings is 1. The van der Waals surface area contributed by atoms with E-state index in [4.69, 9.17) is 9.47 Å². The molecule has 5 nitrogen and oxygen atoms in total. The van der Waals surface area contributed by atoms with Gasteiger partial charge in [0, 0.05) is 13.1 Å². The van der Waals surface area contributed by atoms with Gasteiger partial charge in [0.05, 0.1) is 19.2 Å². The van der Waals surface area contributed by atoms with Gasteiger partial charge in [0.15, 0.2) is 0 Å². The van der Waals surface area contributed by atoms with Crippen LogP contribution in [-0.2, 0) is 6.54 Å². The highest BCUT2D eigenvalue weighted by molar-refractivity contribution is 5.74. The summed E-state index contributed by atoms with van der Waals surface area (Å²) in [7, 11) is 1.66. The third kappa shape index (κ3) is 4.62. The minimum absolute atomic E-state index is 0.226. The van der Waals surface area contributed by atoms with Gasteiger partial charge >= 0.3 is 6.09 Å². The van der Waals surface area contributed by atoms with E-state index in [-0.39, 0.29) is 6.09 Å². The van der Waals surface area contributed by atoms with E-state index in [0.717, 1.165) is 36.1 Å². The zero-order chi connectivity index (χ0) is 19.3. The molecule has 0 bridgehead atoms. The summed E-state index contributed by atoms with van der Waals surface area (Å²) in [6.45, 7) is 5.11. The Bertz CT molecular complexity index is 664. The molecule has 1 amide bonds. The maximum absolute atomic E-state index is 12.4. The van der Waals surface area contributed by atoms with Crippen LogP contribution in [-0.4, -0.2) is 49.2 Å². The molecule has 2 aliphatic heterocycles. The maximum atomic E-state index is 12.4. The van der Waals surface area contributed by atoms with Gasteiger partial charge in [-0.25, -0.2) is 4.79 Å².